The van der Waals surface area contributed by atoms with Crippen molar-refractivity contribution in [1.29, 1.82) is 0 Å². The van der Waals surface area contributed by atoms with E-state index in [1.165, 1.54) is 18.1 Å². The zero-order chi connectivity index (χ0) is 11.5. The van der Waals surface area contributed by atoms with E-state index >= 15 is 0 Å². The number of aromatic nitrogens is 3. The van der Waals surface area contributed by atoms with E-state index in [1.54, 1.807) is 0 Å². The summed E-state index contributed by atoms with van der Waals surface area (Å²) in [5.74, 6) is 0. The highest BCUT2D eigenvalue weighted by Gasteiger charge is 2.07. The lowest BCUT2D eigenvalue weighted by molar-refractivity contribution is 0.817. The molecule has 1 heterocycles. The third-order valence-electron chi connectivity index (χ3n) is 2.08. The van der Waals surface area contributed by atoms with Crippen molar-refractivity contribution < 1.29 is 0 Å². The van der Waals surface area contributed by atoms with Crippen LogP contribution in [0.3, 0.4) is 0 Å². The summed E-state index contributed by atoms with van der Waals surface area (Å²) in [6.45, 7) is 1.93. The zero-order valence-corrected chi connectivity index (χ0v) is 10.2. The molecule has 0 fully saturated rings. The molecule has 0 aliphatic rings. The summed E-state index contributed by atoms with van der Waals surface area (Å²) >= 11 is 7.59. The Hall–Kier alpha value is -1.04. The lowest BCUT2D eigenvalue weighted by atomic mass is 10.1. The SMILES string of the molecule is CC(N)c1ccc(Sc2ncn[nH]2)c(Cl)c1. The third-order valence-corrected chi connectivity index (χ3v) is 3.47. The van der Waals surface area contributed by atoms with Crippen LogP contribution < -0.4 is 5.73 Å². The van der Waals surface area contributed by atoms with Crippen molar-refractivity contribution in [3.8, 4) is 0 Å². The first-order valence-electron chi connectivity index (χ1n) is 4.75. The molecule has 0 amide bonds. The van der Waals surface area contributed by atoms with Gasteiger partial charge in [-0.25, -0.2) is 4.98 Å². The smallest absolute Gasteiger partial charge is 0.188 e. The second kappa shape index (κ2) is 4.86. The number of rotatable bonds is 3. The first kappa shape index (κ1) is 11.4. The summed E-state index contributed by atoms with van der Waals surface area (Å²) in [5.41, 5.74) is 6.80. The summed E-state index contributed by atoms with van der Waals surface area (Å²) in [4.78, 5) is 4.96. The molecule has 1 aromatic carbocycles. The van der Waals surface area contributed by atoms with Gasteiger partial charge in [0.25, 0.3) is 0 Å². The van der Waals surface area contributed by atoms with Gasteiger partial charge >= 0.3 is 0 Å². The molecule has 0 radical (unpaired) electrons. The Bertz CT molecular complexity index is 470. The highest BCUT2D eigenvalue weighted by molar-refractivity contribution is 7.99. The molecular formula is C10H11ClN4S. The number of hydrogen-bond acceptors (Lipinski definition) is 4. The summed E-state index contributed by atoms with van der Waals surface area (Å²) in [6, 6.07) is 5.77. The van der Waals surface area contributed by atoms with E-state index in [4.69, 9.17) is 17.3 Å². The van der Waals surface area contributed by atoms with E-state index in [9.17, 15) is 0 Å². The minimum absolute atomic E-state index is 0.0122. The summed E-state index contributed by atoms with van der Waals surface area (Å²) in [5, 5.41) is 7.94. The molecule has 2 rings (SSSR count). The largest absolute Gasteiger partial charge is 0.324 e. The van der Waals surface area contributed by atoms with Crippen LogP contribution in [0.2, 0.25) is 5.02 Å². The number of aromatic amines is 1. The number of nitrogens with two attached hydrogens (primary N) is 1. The number of halogens is 1. The molecule has 1 aromatic heterocycles. The van der Waals surface area contributed by atoms with Crippen LogP contribution >= 0.6 is 23.4 Å². The lowest BCUT2D eigenvalue weighted by Gasteiger charge is -2.08. The fraction of sp³-hybridized carbons (Fsp3) is 0.200. The Morgan fingerprint density at radius 2 is 2.31 bits per heavy atom. The minimum atomic E-state index is -0.0122. The van der Waals surface area contributed by atoms with E-state index in [-0.39, 0.29) is 6.04 Å². The summed E-state index contributed by atoms with van der Waals surface area (Å²) in [7, 11) is 0. The van der Waals surface area contributed by atoms with Crippen molar-refractivity contribution in [2.75, 3.05) is 0 Å². The van der Waals surface area contributed by atoms with Crippen molar-refractivity contribution in [3.63, 3.8) is 0 Å². The van der Waals surface area contributed by atoms with Crippen LogP contribution in [0, 0.1) is 0 Å². The van der Waals surface area contributed by atoms with Gasteiger partial charge in [-0.3, -0.25) is 5.10 Å². The third kappa shape index (κ3) is 2.55. The monoisotopic (exact) mass is 254 g/mol. The summed E-state index contributed by atoms with van der Waals surface area (Å²) < 4.78 is 0. The number of nitrogens with one attached hydrogen (secondary N) is 1. The van der Waals surface area contributed by atoms with Crippen molar-refractivity contribution in [2.24, 2.45) is 5.73 Å². The van der Waals surface area contributed by atoms with Gasteiger partial charge in [0.15, 0.2) is 5.16 Å². The molecule has 84 valence electrons. The van der Waals surface area contributed by atoms with Crippen LogP contribution in [0.5, 0.6) is 0 Å². The molecule has 0 spiro atoms. The molecule has 0 saturated heterocycles. The molecule has 6 heteroatoms. The Kier molecular flexibility index (Phi) is 3.48. The van der Waals surface area contributed by atoms with Crippen LogP contribution in [-0.2, 0) is 0 Å². The first-order valence-corrected chi connectivity index (χ1v) is 5.94. The fourth-order valence-electron chi connectivity index (χ4n) is 1.23. The molecule has 2 aromatic rings. The van der Waals surface area contributed by atoms with Gasteiger partial charge in [-0.2, -0.15) is 5.10 Å². The summed E-state index contributed by atoms with van der Waals surface area (Å²) in [6.07, 6.45) is 1.46. The number of hydrogen-bond donors (Lipinski definition) is 2. The van der Waals surface area contributed by atoms with Gasteiger partial charge in [0.1, 0.15) is 6.33 Å². The Morgan fingerprint density at radius 1 is 1.50 bits per heavy atom. The van der Waals surface area contributed by atoms with Crippen molar-refractivity contribution in [3.05, 3.63) is 35.1 Å². The fourth-order valence-corrected chi connectivity index (χ4v) is 2.23. The topological polar surface area (TPSA) is 67.6 Å². The van der Waals surface area contributed by atoms with Gasteiger partial charge in [0, 0.05) is 10.9 Å². The maximum absolute atomic E-state index is 6.15. The van der Waals surface area contributed by atoms with Crippen molar-refractivity contribution >= 4 is 23.4 Å². The molecule has 0 aliphatic carbocycles. The average molecular weight is 255 g/mol. The molecular weight excluding hydrogens is 244 g/mol. The maximum Gasteiger partial charge on any atom is 0.188 e. The molecule has 4 nitrogen and oxygen atoms in total. The highest BCUT2D eigenvalue weighted by atomic mass is 35.5. The van der Waals surface area contributed by atoms with Gasteiger partial charge in [-0.05, 0) is 36.4 Å². The molecule has 0 aliphatic heterocycles. The van der Waals surface area contributed by atoms with Gasteiger partial charge in [0.05, 0.1) is 5.02 Å². The van der Waals surface area contributed by atoms with Crippen LogP contribution in [0.4, 0.5) is 0 Å². The van der Waals surface area contributed by atoms with E-state index in [0.717, 1.165) is 15.6 Å². The number of nitrogens with zero attached hydrogens (tertiary/aromatic N) is 2. The van der Waals surface area contributed by atoms with Gasteiger partial charge < -0.3 is 5.73 Å². The molecule has 0 bridgehead atoms. The maximum atomic E-state index is 6.15. The van der Waals surface area contributed by atoms with Crippen molar-refractivity contribution in [2.45, 2.75) is 23.0 Å². The van der Waals surface area contributed by atoms with Gasteiger partial charge in [-0.1, -0.05) is 17.7 Å². The van der Waals surface area contributed by atoms with Gasteiger partial charge in [-0.15, -0.1) is 0 Å². The van der Waals surface area contributed by atoms with Crippen LogP contribution in [0.15, 0.2) is 34.6 Å². The molecule has 3 N–H and O–H groups in total. The molecule has 1 unspecified atom stereocenters. The predicted molar refractivity (Wildman–Crippen MR) is 64.6 cm³/mol. The molecule has 0 saturated carbocycles. The van der Waals surface area contributed by atoms with E-state index in [1.807, 2.05) is 25.1 Å². The molecule has 1 atom stereocenters. The quantitative estimate of drug-likeness (QED) is 0.884. The van der Waals surface area contributed by atoms with E-state index in [0.29, 0.717) is 5.02 Å². The van der Waals surface area contributed by atoms with Gasteiger partial charge in [0.2, 0.25) is 0 Å². The second-order valence-electron chi connectivity index (χ2n) is 3.37. The average Bonchev–Trinajstić information content (AvgIpc) is 2.73. The van der Waals surface area contributed by atoms with Crippen LogP contribution in [0.1, 0.15) is 18.5 Å². The standard InChI is InChI=1S/C10H11ClN4S/c1-6(12)7-2-3-9(8(11)4-7)16-10-13-5-14-15-10/h2-6H,12H2,1H3,(H,13,14,15). The second-order valence-corrected chi connectivity index (χ2v) is 4.81. The zero-order valence-electron chi connectivity index (χ0n) is 8.64. The van der Waals surface area contributed by atoms with Crippen molar-refractivity contribution in [1.82, 2.24) is 15.2 Å². The first-order chi connectivity index (χ1) is 7.66. The van der Waals surface area contributed by atoms with E-state index in [2.05, 4.69) is 15.2 Å². The number of H-pyrrole nitrogens is 1. The predicted octanol–water partition coefficient (Wildman–Crippen LogP) is 2.63. The van der Waals surface area contributed by atoms with Crippen LogP contribution in [0.25, 0.3) is 0 Å². The van der Waals surface area contributed by atoms with Crippen LogP contribution in [-0.4, -0.2) is 15.2 Å². The Morgan fingerprint density at radius 3 is 2.88 bits per heavy atom. The van der Waals surface area contributed by atoms with E-state index < -0.39 is 0 Å². The Balaban J connectivity index is 2.23. The number of benzene rings is 1. The normalized spacial score (nSPS) is 12.7. The minimum Gasteiger partial charge on any atom is -0.324 e. The highest BCUT2D eigenvalue weighted by Crippen LogP contribution is 2.32. The Labute approximate surface area is 103 Å². The molecule has 16 heavy (non-hydrogen) atoms. The lowest BCUT2D eigenvalue weighted by Crippen LogP contribution is -2.04.